The van der Waals surface area contributed by atoms with Crippen LogP contribution < -0.4 is 19.5 Å². The van der Waals surface area contributed by atoms with Gasteiger partial charge in [-0.25, -0.2) is 0 Å². The fourth-order valence-electron chi connectivity index (χ4n) is 4.62. The molecule has 1 atom stereocenters. The van der Waals surface area contributed by atoms with Gasteiger partial charge in [-0.2, -0.15) is 0 Å². The molecular weight excluding hydrogens is 491 g/mol. The largest absolute Gasteiger partial charge is 0.497 e. The zero-order chi connectivity index (χ0) is 23.5. The second-order valence-corrected chi connectivity index (χ2v) is 9.10. The maximum Gasteiger partial charge on any atom is 0.179 e. The molecule has 0 bridgehead atoms. The van der Waals surface area contributed by atoms with Gasteiger partial charge in [-0.05, 0) is 44.1 Å². The van der Waals surface area contributed by atoms with Gasteiger partial charge < -0.3 is 29.5 Å². The number of benzene rings is 1. The number of pyridine rings is 2. The normalized spacial score (nSPS) is 17.1. The van der Waals surface area contributed by atoms with E-state index in [2.05, 4.69) is 20.2 Å². The standard InChI is InChI=1S/C25H29ClN4O4.ClH/c1-32-18-2-3-21-19(11-18)25(20(26)13-29-21)22(31)15-30-6-4-16(5-7-30)27-12-17-10-23-24(14-28-17)34-9-8-33-23;/h2-3,10-11,13-14,16,22,27,31H,4-9,12,15H2,1H3;1H/t22-;/m0./s1. The first-order chi connectivity index (χ1) is 16.6. The lowest BCUT2D eigenvalue weighted by molar-refractivity contribution is 0.0949. The number of β-amino-alcohol motifs (C(OH)–C–C–N with tert-alkyl or cyclic N) is 1. The van der Waals surface area contributed by atoms with Crippen LogP contribution in [0.4, 0.5) is 0 Å². The Bertz CT molecular complexity index is 1160. The van der Waals surface area contributed by atoms with Crippen LogP contribution in [0.5, 0.6) is 17.2 Å². The molecule has 188 valence electrons. The molecule has 4 heterocycles. The van der Waals surface area contributed by atoms with Crippen LogP contribution in [0.2, 0.25) is 5.02 Å². The van der Waals surface area contributed by atoms with E-state index in [9.17, 15) is 5.11 Å². The number of hydrogen-bond donors (Lipinski definition) is 2. The predicted octanol–water partition coefficient (Wildman–Crippen LogP) is 3.77. The molecule has 1 saturated heterocycles. The molecule has 2 N–H and O–H groups in total. The summed E-state index contributed by atoms with van der Waals surface area (Å²) in [6, 6.07) is 7.98. The van der Waals surface area contributed by atoms with Crippen molar-refractivity contribution < 1.29 is 19.3 Å². The number of likely N-dealkylation sites (tertiary alicyclic amines) is 1. The molecule has 0 radical (unpaired) electrons. The molecule has 2 aliphatic heterocycles. The average Bonchev–Trinajstić information content (AvgIpc) is 2.87. The molecule has 10 heteroatoms. The molecule has 35 heavy (non-hydrogen) atoms. The van der Waals surface area contributed by atoms with Crippen molar-refractivity contribution in [2.24, 2.45) is 0 Å². The number of fused-ring (bicyclic) bond motifs is 2. The Morgan fingerprint density at radius 3 is 2.69 bits per heavy atom. The summed E-state index contributed by atoms with van der Waals surface area (Å²) < 4.78 is 16.5. The minimum atomic E-state index is -0.712. The Kier molecular flexibility index (Phi) is 8.51. The van der Waals surface area contributed by atoms with Crippen LogP contribution in [0, 0.1) is 0 Å². The van der Waals surface area contributed by atoms with Crippen LogP contribution in [0.3, 0.4) is 0 Å². The van der Waals surface area contributed by atoms with Crippen molar-refractivity contribution in [1.82, 2.24) is 20.2 Å². The third kappa shape index (κ3) is 5.90. The van der Waals surface area contributed by atoms with Gasteiger partial charge >= 0.3 is 0 Å². The van der Waals surface area contributed by atoms with Crippen molar-refractivity contribution in [3.8, 4) is 17.2 Å². The number of rotatable bonds is 7. The third-order valence-electron chi connectivity index (χ3n) is 6.48. The minimum absolute atomic E-state index is 0. The molecule has 0 amide bonds. The first kappa shape index (κ1) is 25.7. The van der Waals surface area contributed by atoms with Gasteiger partial charge in [0.05, 0.1) is 35.6 Å². The highest BCUT2D eigenvalue weighted by atomic mass is 35.5. The first-order valence-electron chi connectivity index (χ1n) is 11.6. The minimum Gasteiger partial charge on any atom is -0.497 e. The van der Waals surface area contributed by atoms with Gasteiger partial charge in [0.15, 0.2) is 11.5 Å². The van der Waals surface area contributed by atoms with Crippen molar-refractivity contribution in [2.45, 2.75) is 31.5 Å². The SMILES string of the molecule is COc1ccc2ncc(Cl)c([C@@H](O)CN3CCC(NCc4cc5c(cn4)OCCO5)CC3)c2c1.Cl. The smallest absolute Gasteiger partial charge is 0.179 e. The number of aliphatic hydroxyl groups excluding tert-OH is 1. The quantitative estimate of drug-likeness (QED) is 0.486. The van der Waals surface area contributed by atoms with Gasteiger partial charge in [-0.1, -0.05) is 11.6 Å². The highest BCUT2D eigenvalue weighted by Gasteiger charge is 2.24. The molecule has 2 aliphatic rings. The predicted molar refractivity (Wildman–Crippen MR) is 137 cm³/mol. The van der Waals surface area contributed by atoms with Crippen LogP contribution in [0.25, 0.3) is 10.9 Å². The van der Waals surface area contributed by atoms with E-state index in [-0.39, 0.29) is 12.4 Å². The van der Waals surface area contributed by atoms with Crippen molar-refractivity contribution in [3.63, 3.8) is 0 Å². The van der Waals surface area contributed by atoms with Gasteiger partial charge in [-0.3, -0.25) is 9.97 Å². The number of hydrogen-bond acceptors (Lipinski definition) is 8. The third-order valence-corrected chi connectivity index (χ3v) is 6.78. The highest BCUT2D eigenvalue weighted by molar-refractivity contribution is 6.32. The van der Waals surface area contributed by atoms with E-state index in [0.29, 0.717) is 54.4 Å². The number of nitrogens with zero attached hydrogens (tertiary/aromatic N) is 3. The molecular formula is C25H30Cl2N4O4. The van der Waals surface area contributed by atoms with Crippen LogP contribution >= 0.6 is 24.0 Å². The van der Waals surface area contributed by atoms with E-state index < -0.39 is 6.10 Å². The summed E-state index contributed by atoms with van der Waals surface area (Å²) in [5.41, 5.74) is 2.43. The molecule has 0 saturated carbocycles. The van der Waals surface area contributed by atoms with Crippen LogP contribution in [-0.4, -0.2) is 66.0 Å². The molecule has 1 fully saturated rings. The number of aliphatic hydroxyl groups is 1. The number of ether oxygens (including phenoxy) is 3. The van der Waals surface area contributed by atoms with Gasteiger partial charge in [-0.15, -0.1) is 12.4 Å². The van der Waals surface area contributed by atoms with E-state index in [0.717, 1.165) is 48.3 Å². The fraction of sp³-hybridized carbons (Fsp3) is 0.440. The van der Waals surface area contributed by atoms with Gasteiger partial charge in [0, 0.05) is 42.3 Å². The summed E-state index contributed by atoms with van der Waals surface area (Å²) >= 11 is 6.46. The molecule has 2 aromatic heterocycles. The van der Waals surface area contributed by atoms with E-state index in [1.807, 2.05) is 24.3 Å². The number of nitrogens with one attached hydrogen (secondary N) is 1. The molecule has 0 aliphatic carbocycles. The summed E-state index contributed by atoms with van der Waals surface area (Å²) in [6.07, 6.45) is 4.62. The maximum absolute atomic E-state index is 11.1. The van der Waals surface area contributed by atoms with Gasteiger partial charge in [0.25, 0.3) is 0 Å². The maximum atomic E-state index is 11.1. The van der Waals surface area contributed by atoms with Crippen LogP contribution in [0.1, 0.15) is 30.2 Å². The summed E-state index contributed by atoms with van der Waals surface area (Å²) in [7, 11) is 1.62. The van der Waals surface area contributed by atoms with Gasteiger partial charge in [0.1, 0.15) is 19.0 Å². The Balaban J connectivity index is 0.00000289. The Morgan fingerprint density at radius 1 is 1.14 bits per heavy atom. The fourth-order valence-corrected chi connectivity index (χ4v) is 4.90. The first-order valence-corrected chi connectivity index (χ1v) is 12.0. The van der Waals surface area contributed by atoms with E-state index in [1.165, 1.54) is 0 Å². The Hall–Kier alpha value is -2.36. The lowest BCUT2D eigenvalue weighted by Gasteiger charge is -2.34. The Morgan fingerprint density at radius 2 is 1.91 bits per heavy atom. The van der Waals surface area contributed by atoms with E-state index >= 15 is 0 Å². The second-order valence-electron chi connectivity index (χ2n) is 8.69. The zero-order valence-electron chi connectivity index (χ0n) is 19.6. The summed E-state index contributed by atoms with van der Waals surface area (Å²) in [5.74, 6) is 2.19. The van der Waals surface area contributed by atoms with Crippen molar-refractivity contribution in [1.29, 1.82) is 0 Å². The van der Waals surface area contributed by atoms with Crippen molar-refractivity contribution in [3.05, 3.63) is 52.9 Å². The molecule has 1 aromatic carbocycles. The van der Waals surface area contributed by atoms with Crippen LogP contribution in [-0.2, 0) is 6.54 Å². The van der Waals surface area contributed by atoms with Crippen molar-refractivity contribution >= 4 is 34.9 Å². The van der Waals surface area contributed by atoms with Gasteiger partial charge in [0.2, 0.25) is 0 Å². The summed E-state index contributed by atoms with van der Waals surface area (Å²) in [5, 5.41) is 16.0. The monoisotopic (exact) mass is 520 g/mol. The number of methoxy groups -OCH3 is 1. The molecule has 5 rings (SSSR count). The summed E-state index contributed by atoms with van der Waals surface area (Å²) in [4.78, 5) is 11.1. The molecule has 8 nitrogen and oxygen atoms in total. The Labute approximate surface area is 216 Å². The van der Waals surface area contributed by atoms with Crippen LogP contribution in [0.15, 0.2) is 36.7 Å². The molecule has 0 spiro atoms. The number of aromatic nitrogens is 2. The molecule has 3 aromatic rings. The summed E-state index contributed by atoms with van der Waals surface area (Å²) in [6.45, 7) is 4.14. The molecule has 0 unspecified atom stereocenters. The number of halogens is 2. The lowest BCUT2D eigenvalue weighted by atomic mass is 10.0. The topological polar surface area (TPSA) is 89.0 Å². The van der Waals surface area contributed by atoms with E-state index in [1.54, 1.807) is 19.5 Å². The highest BCUT2D eigenvalue weighted by Crippen LogP contribution is 2.33. The van der Waals surface area contributed by atoms with E-state index in [4.69, 9.17) is 25.8 Å². The van der Waals surface area contributed by atoms with Crippen molar-refractivity contribution in [2.75, 3.05) is 40.0 Å². The second kappa shape index (κ2) is 11.6. The zero-order valence-corrected chi connectivity index (χ0v) is 21.1. The number of piperidine rings is 1. The lowest BCUT2D eigenvalue weighted by Crippen LogP contribution is -2.43. The average molecular weight is 521 g/mol.